The summed E-state index contributed by atoms with van der Waals surface area (Å²) in [6, 6.07) is 0. The third-order valence-corrected chi connectivity index (χ3v) is 6.21. The van der Waals surface area contributed by atoms with Crippen LogP contribution >= 0.6 is 11.3 Å². The van der Waals surface area contributed by atoms with Gasteiger partial charge in [-0.3, -0.25) is 4.40 Å². The van der Waals surface area contributed by atoms with Gasteiger partial charge in [-0.15, -0.1) is 11.3 Å². The minimum Gasteiger partial charge on any atom is -0.354 e. The number of fused-ring (bicyclic) bond motifs is 1. The summed E-state index contributed by atoms with van der Waals surface area (Å²) in [6.07, 6.45) is 2.70. The Hall–Kier alpha value is -1.12. The van der Waals surface area contributed by atoms with Gasteiger partial charge in [0.05, 0.1) is 17.2 Å². The van der Waals surface area contributed by atoms with Crippen LogP contribution in [0.15, 0.2) is 11.6 Å². The third kappa shape index (κ3) is 3.07. The number of hydrogen-bond acceptors (Lipinski definition) is 6. The second kappa shape index (κ2) is 5.94. The van der Waals surface area contributed by atoms with E-state index < -0.39 is 9.84 Å². The van der Waals surface area contributed by atoms with E-state index in [0.717, 1.165) is 36.1 Å². The number of thiazole rings is 1. The minimum absolute atomic E-state index is 0.221. The van der Waals surface area contributed by atoms with Crippen LogP contribution in [-0.2, 0) is 16.4 Å². The Morgan fingerprint density at radius 2 is 2.24 bits per heavy atom. The molecular weight excluding hydrogens is 308 g/mol. The van der Waals surface area contributed by atoms with E-state index in [1.807, 2.05) is 11.6 Å². The number of imidazole rings is 1. The molecule has 0 amide bonds. The number of aromatic nitrogens is 2. The van der Waals surface area contributed by atoms with Gasteiger partial charge in [-0.05, 0) is 13.0 Å². The fourth-order valence-electron chi connectivity index (χ4n) is 2.63. The SMILES string of the molecule is CCNCc1c(N2CCCS(=O)(=O)CC2)nc2sccn12. The van der Waals surface area contributed by atoms with Crippen molar-refractivity contribution in [1.82, 2.24) is 14.7 Å². The Bertz CT molecular complexity index is 720. The van der Waals surface area contributed by atoms with Gasteiger partial charge < -0.3 is 10.2 Å². The van der Waals surface area contributed by atoms with Crippen molar-refractivity contribution in [2.45, 2.75) is 19.9 Å². The standard InChI is InChI=1S/C13H20N4O2S2/c1-2-14-10-11-12(15-13-17(11)5-7-20-13)16-4-3-8-21(18,19)9-6-16/h5,7,14H,2-4,6,8-10H2,1H3. The van der Waals surface area contributed by atoms with E-state index >= 15 is 0 Å². The Morgan fingerprint density at radius 3 is 3.05 bits per heavy atom. The van der Waals surface area contributed by atoms with E-state index in [2.05, 4.69) is 21.5 Å². The molecule has 0 radical (unpaired) electrons. The van der Waals surface area contributed by atoms with Gasteiger partial charge >= 0.3 is 0 Å². The summed E-state index contributed by atoms with van der Waals surface area (Å²) in [5, 5.41) is 5.37. The minimum atomic E-state index is -2.90. The molecule has 0 bridgehead atoms. The summed E-state index contributed by atoms with van der Waals surface area (Å²) in [4.78, 5) is 7.80. The molecule has 8 heteroatoms. The first-order valence-electron chi connectivity index (χ1n) is 7.21. The van der Waals surface area contributed by atoms with E-state index in [9.17, 15) is 8.42 Å². The van der Waals surface area contributed by atoms with Gasteiger partial charge in [0.1, 0.15) is 0 Å². The van der Waals surface area contributed by atoms with E-state index in [1.54, 1.807) is 11.3 Å². The van der Waals surface area contributed by atoms with Gasteiger partial charge in [0.15, 0.2) is 20.6 Å². The molecule has 1 aliphatic rings. The molecule has 116 valence electrons. The van der Waals surface area contributed by atoms with Crippen LogP contribution in [0.4, 0.5) is 5.82 Å². The molecule has 1 saturated heterocycles. The Balaban J connectivity index is 1.93. The zero-order chi connectivity index (χ0) is 14.9. The first-order valence-corrected chi connectivity index (χ1v) is 9.91. The van der Waals surface area contributed by atoms with Crippen LogP contribution in [0.3, 0.4) is 0 Å². The van der Waals surface area contributed by atoms with Gasteiger partial charge in [0.2, 0.25) is 0 Å². The maximum Gasteiger partial charge on any atom is 0.195 e. The molecule has 0 unspecified atom stereocenters. The topological polar surface area (TPSA) is 66.7 Å². The molecule has 2 aromatic rings. The summed E-state index contributed by atoms with van der Waals surface area (Å²) in [5.74, 6) is 1.44. The summed E-state index contributed by atoms with van der Waals surface area (Å²) >= 11 is 1.60. The van der Waals surface area contributed by atoms with Crippen molar-refractivity contribution in [3.63, 3.8) is 0 Å². The van der Waals surface area contributed by atoms with Crippen molar-refractivity contribution in [1.29, 1.82) is 0 Å². The molecule has 0 aromatic carbocycles. The number of nitrogens with one attached hydrogen (secondary N) is 1. The normalized spacial score (nSPS) is 19.0. The first-order chi connectivity index (χ1) is 10.1. The maximum atomic E-state index is 11.8. The molecule has 3 heterocycles. The smallest absolute Gasteiger partial charge is 0.195 e. The van der Waals surface area contributed by atoms with E-state index in [0.29, 0.717) is 13.0 Å². The average Bonchev–Trinajstić information content (AvgIpc) is 2.96. The molecule has 1 fully saturated rings. The van der Waals surface area contributed by atoms with Gasteiger partial charge in [0, 0.05) is 31.2 Å². The van der Waals surface area contributed by atoms with E-state index in [1.165, 1.54) is 0 Å². The van der Waals surface area contributed by atoms with Gasteiger partial charge in [-0.2, -0.15) is 0 Å². The Morgan fingerprint density at radius 1 is 1.38 bits per heavy atom. The zero-order valence-corrected chi connectivity index (χ0v) is 13.7. The second-order valence-electron chi connectivity index (χ2n) is 5.21. The number of nitrogens with zero attached hydrogens (tertiary/aromatic N) is 3. The monoisotopic (exact) mass is 328 g/mol. The summed E-state index contributed by atoms with van der Waals surface area (Å²) in [5.41, 5.74) is 1.12. The predicted octanol–water partition coefficient (Wildman–Crippen LogP) is 1.13. The highest BCUT2D eigenvalue weighted by Gasteiger charge is 2.24. The molecular formula is C13H20N4O2S2. The Labute approximate surface area is 128 Å². The number of rotatable bonds is 4. The van der Waals surface area contributed by atoms with Crippen LogP contribution in [0.1, 0.15) is 19.0 Å². The lowest BCUT2D eigenvalue weighted by Crippen LogP contribution is -2.29. The molecule has 3 rings (SSSR count). The highest BCUT2D eigenvalue weighted by molar-refractivity contribution is 7.91. The molecule has 0 atom stereocenters. The first kappa shape index (κ1) is 14.8. The maximum absolute atomic E-state index is 11.8. The molecule has 6 nitrogen and oxygen atoms in total. The summed E-state index contributed by atoms with van der Waals surface area (Å²) in [6.45, 7) is 5.00. The summed E-state index contributed by atoms with van der Waals surface area (Å²) in [7, 11) is -2.90. The predicted molar refractivity (Wildman–Crippen MR) is 85.9 cm³/mol. The highest BCUT2D eigenvalue weighted by Crippen LogP contribution is 2.25. The number of hydrogen-bond donors (Lipinski definition) is 1. The molecule has 1 aliphatic heterocycles. The van der Waals surface area contributed by atoms with Crippen molar-refractivity contribution in [2.24, 2.45) is 0 Å². The van der Waals surface area contributed by atoms with Crippen molar-refractivity contribution in [3.05, 3.63) is 17.3 Å². The van der Waals surface area contributed by atoms with Crippen LogP contribution in [-0.4, -0.2) is 48.9 Å². The van der Waals surface area contributed by atoms with Crippen LogP contribution < -0.4 is 10.2 Å². The highest BCUT2D eigenvalue weighted by atomic mass is 32.2. The second-order valence-corrected chi connectivity index (χ2v) is 8.39. The third-order valence-electron chi connectivity index (χ3n) is 3.74. The van der Waals surface area contributed by atoms with Crippen LogP contribution in [0.25, 0.3) is 4.96 Å². The van der Waals surface area contributed by atoms with Crippen molar-refractivity contribution < 1.29 is 8.42 Å². The van der Waals surface area contributed by atoms with Crippen molar-refractivity contribution in [3.8, 4) is 0 Å². The lowest BCUT2D eigenvalue weighted by Gasteiger charge is -2.21. The lowest BCUT2D eigenvalue weighted by atomic mass is 10.3. The van der Waals surface area contributed by atoms with Gasteiger partial charge in [-0.25, -0.2) is 13.4 Å². The van der Waals surface area contributed by atoms with Crippen LogP contribution in [0.2, 0.25) is 0 Å². The summed E-state index contributed by atoms with van der Waals surface area (Å²) < 4.78 is 25.6. The van der Waals surface area contributed by atoms with E-state index in [-0.39, 0.29) is 11.5 Å². The number of sulfone groups is 1. The average molecular weight is 328 g/mol. The lowest BCUT2D eigenvalue weighted by molar-refractivity contribution is 0.597. The zero-order valence-electron chi connectivity index (χ0n) is 12.1. The van der Waals surface area contributed by atoms with Crippen LogP contribution in [0, 0.1) is 0 Å². The largest absolute Gasteiger partial charge is 0.354 e. The molecule has 21 heavy (non-hydrogen) atoms. The molecule has 2 aromatic heterocycles. The van der Waals surface area contributed by atoms with Crippen molar-refractivity contribution in [2.75, 3.05) is 36.0 Å². The quantitative estimate of drug-likeness (QED) is 0.911. The Kier molecular flexibility index (Phi) is 4.19. The molecule has 1 N–H and O–H groups in total. The van der Waals surface area contributed by atoms with E-state index in [4.69, 9.17) is 4.98 Å². The van der Waals surface area contributed by atoms with Gasteiger partial charge in [-0.1, -0.05) is 6.92 Å². The number of anilines is 1. The molecule has 0 saturated carbocycles. The van der Waals surface area contributed by atoms with Crippen molar-refractivity contribution >= 4 is 32.0 Å². The fourth-order valence-corrected chi connectivity index (χ4v) is 4.63. The van der Waals surface area contributed by atoms with Gasteiger partial charge in [0.25, 0.3) is 0 Å². The molecule has 0 aliphatic carbocycles. The molecule has 0 spiro atoms. The fraction of sp³-hybridized carbons (Fsp3) is 0.615. The van der Waals surface area contributed by atoms with Crippen LogP contribution in [0.5, 0.6) is 0 Å².